The highest BCUT2D eigenvalue weighted by Crippen LogP contribution is 2.21. The fraction of sp³-hybridized carbons (Fsp3) is 0.250. The van der Waals surface area contributed by atoms with E-state index in [1.165, 1.54) is 0 Å². The zero-order valence-electron chi connectivity index (χ0n) is 9.89. The molecule has 1 atom stereocenters. The Balaban J connectivity index is 1.79. The van der Waals surface area contributed by atoms with Gasteiger partial charge in [0, 0.05) is 16.6 Å². The second-order valence-corrected chi connectivity index (χ2v) is 5.12. The predicted molar refractivity (Wildman–Crippen MR) is 71.2 cm³/mol. The molecule has 1 amide bonds. The van der Waals surface area contributed by atoms with Crippen molar-refractivity contribution in [3.05, 3.63) is 34.6 Å². The molecule has 1 aliphatic heterocycles. The van der Waals surface area contributed by atoms with Gasteiger partial charge in [-0.15, -0.1) is 0 Å². The van der Waals surface area contributed by atoms with Crippen LogP contribution in [0.5, 0.6) is 0 Å². The van der Waals surface area contributed by atoms with Gasteiger partial charge in [-0.05, 0) is 24.3 Å². The molecule has 1 unspecified atom stereocenters. The first-order chi connectivity index (χ1) is 9.22. The fourth-order valence-corrected chi connectivity index (χ4v) is 2.10. The third-order valence-electron chi connectivity index (χ3n) is 2.85. The van der Waals surface area contributed by atoms with Crippen molar-refractivity contribution in [2.75, 3.05) is 13.1 Å². The number of nitrogens with one attached hydrogen (secondary N) is 2. The van der Waals surface area contributed by atoms with Gasteiger partial charge in [0.15, 0.2) is 0 Å². The lowest BCUT2D eigenvalue weighted by atomic mass is 10.2. The summed E-state index contributed by atoms with van der Waals surface area (Å²) in [4.78, 5) is 15.4. The van der Waals surface area contributed by atoms with Crippen LogP contribution in [0.1, 0.15) is 11.9 Å². The number of rotatable bonds is 2. The van der Waals surface area contributed by atoms with Crippen LogP contribution in [0.3, 0.4) is 0 Å². The van der Waals surface area contributed by atoms with Crippen molar-refractivity contribution in [1.29, 1.82) is 0 Å². The molecule has 1 aromatic carbocycles. The highest BCUT2D eigenvalue weighted by Gasteiger charge is 2.24. The van der Waals surface area contributed by atoms with Gasteiger partial charge < -0.3 is 9.84 Å². The molecule has 0 spiro atoms. The predicted octanol–water partition coefficient (Wildman–Crippen LogP) is 1.26. The van der Waals surface area contributed by atoms with E-state index in [0.717, 1.165) is 10.0 Å². The number of carbonyl (C=O) groups is 1. The Kier molecular flexibility index (Phi) is 3.31. The minimum atomic E-state index is -0.130. The SMILES string of the molecule is O=C1CNC(c2nc(-c3ccc(Br)cc3)no2)CN1. The zero-order valence-corrected chi connectivity index (χ0v) is 11.5. The molecule has 1 aromatic heterocycles. The Bertz CT molecular complexity index is 586. The van der Waals surface area contributed by atoms with Crippen LogP contribution < -0.4 is 10.6 Å². The number of hydrogen-bond donors (Lipinski definition) is 2. The molecule has 0 aliphatic carbocycles. The highest BCUT2D eigenvalue weighted by molar-refractivity contribution is 9.10. The summed E-state index contributed by atoms with van der Waals surface area (Å²) in [6, 6.07) is 7.53. The molecule has 1 fully saturated rings. The minimum absolute atomic E-state index is 0.0242. The molecule has 98 valence electrons. The first-order valence-electron chi connectivity index (χ1n) is 5.82. The van der Waals surface area contributed by atoms with Crippen molar-refractivity contribution in [3.8, 4) is 11.4 Å². The van der Waals surface area contributed by atoms with Gasteiger partial charge in [-0.25, -0.2) is 0 Å². The van der Waals surface area contributed by atoms with Gasteiger partial charge in [-0.2, -0.15) is 4.98 Å². The van der Waals surface area contributed by atoms with Crippen molar-refractivity contribution in [1.82, 2.24) is 20.8 Å². The van der Waals surface area contributed by atoms with Crippen LogP contribution in [0.15, 0.2) is 33.3 Å². The molecule has 3 rings (SSSR count). The van der Waals surface area contributed by atoms with E-state index < -0.39 is 0 Å². The summed E-state index contributed by atoms with van der Waals surface area (Å²) in [7, 11) is 0. The summed E-state index contributed by atoms with van der Waals surface area (Å²) in [6.07, 6.45) is 0. The Morgan fingerprint density at radius 2 is 2.11 bits per heavy atom. The van der Waals surface area contributed by atoms with Crippen LogP contribution in [0.4, 0.5) is 0 Å². The molecule has 2 heterocycles. The van der Waals surface area contributed by atoms with Gasteiger partial charge in [-0.1, -0.05) is 21.1 Å². The van der Waals surface area contributed by atoms with E-state index in [0.29, 0.717) is 18.3 Å². The second kappa shape index (κ2) is 5.10. The molecular weight excluding hydrogens is 312 g/mol. The quantitative estimate of drug-likeness (QED) is 0.870. The molecule has 19 heavy (non-hydrogen) atoms. The summed E-state index contributed by atoms with van der Waals surface area (Å²) < 4.78 is 6.23. The summed E-state index contributed by atoms with van der Waals surface area (Å²) in [5.74, 6) is 1.00. The number of amides is 1. The van der Waals surface area contributed by atoms with Crippen LogP contribution in [0.2, 0.25) is 0 Å². The highest BCUT2D eigenvalue weighted by atomic mass is 79.9. The van der Waals surface area contributed by atoms with Gasteiger partial charge in [-0.3, -0.25) is 10.1 Å². The lowest BCUT2D eigenvalue weighted by molar-refractivity contribution is -0.121. The van der Waals surface area contributed by atoms with Crippen molar-refractivity contribution in [2.45, 2.75) is 6.04 Å². The van der Waals surface area contributed by atoms with E-state index in [4.69, 9.17) is 4.52 Å². The molecular formula is C12H11BrN4O2. The fourth-order valence-electron chi connectivity index (χ4n) is 1.83. The number of nitrogens with zero attached hydrogens (tertiary/aromatic N) is 2. The van der Waals surface area contributed by atoms with Crippen molar-refractivity contribution in [3.63, 3.8) is 0 Å². The minimum Gasteiger partial charge on any atom is -0.353 e. The zero-order chi connectivity index (χ0) is 13.2. The van der Waals surface area contributed by atoms with Crippen molar-refractivity contribution >= 4 is 21.8 Å². The largest absolute Gasteiger partial charge is 0.353 e. The van der Waals surface area contributed by atoms with Gasteiger partial charge in [0.05, 0.1) is 6.54 Å². The first kappa shape index (κ1) is 12.3. The van der Waals surface area contributed by atoms with E-state index in [-0.39, 0.29) is 18.5 Å². The maximum atomic E-state index is 11.1. The molecule has 7 heteroatoms. The summed E-state index contributed by atoms with van der Waals surface area (Å²) >= 11 is 3.38. The van der Waals surface area contributed by atoms with E-state index in [1.807, 2.05) is 24.3 Å². The number of hydrogen-bond acceptors (Lipinski definition) is 5. The molecule has 0 radical (unpaired) electrons. The smallest absolute Gasteiger partial charge is 0.245 e. The van der Waals surface area contributed by atoms with E-state index in [9.17, 15) is 4.79 Å². The monoisotopic (exact) mass is 322 g/mol. The third kappa shape index (κ3) is 2.66. The van der Waals surface area contributed by atoms with Gasteiger partial charge >= 0.3 is 0 Å². The Labute approximate surface area is 117 Å². The lowest BCUT2D eigenvalue weighted by Gasteiger charge is -2.20. The van der Waals surface area contributed by atoms with E-state index >= 15 is 0 Å². The molecule has 2 N–H and O–H groups in total. The average Bonchev–Trinajstić information content (AvgIpc) is 2.90. The lowest BCUT2D eigenvalue weighted by Crippen LogP contribution is -2.47. The van der Waals surface area contributed by atoms with Crippen LogP contribution in [0.25, 0.3) is 11.4 Å². The number of aromatic nitrogens is 2. The Morgan fingerprint density at radius 3 is 2.79 bits per heavy atom. The summed E-state index contributed by atoms with van der Waals surface area (Å²) in [5, 5.41) is 9.75. The average molecular weight is 323 g/mol. The van der Waals surface area contributed by atoms with Crippen molar-refractivity contribution < 1.29 is 9.32 Å². The third-order valence-corrected chi connectivity index (χ3v) is 3.38. The topological polar surface area (TPSA) is 80.1 Å². The summed E-state index contributed by atoms with van der Waals surface area (Å²) in [6.45, 7) is 0.724. The molecule has 0 bridgehead atoms. The van der Waals surface area contributed by atoms with Crippen LogP contribution in [0, 0.1) is 0 Å². The normalized spacial score (nSPS) is 19.2. The maximum Gasteiger partial charge on any atom is 0.245 e. The maximum absolute atomic E-state index is 11.1. The van der Waals surface area contributed by atoms with Crippen LogP contribution >= 0.6 is 15.9 Å². The Morgan fingerprint density at radius 1 is 1.32 bits per heavy atom. The summed E-state index contributed by atoms with van der Waals surface area (Å²) in [5.41, 5.74) is 0.887. The number of halogens is 1. The molecule has 1 aliphatic rings. The Hall–Kier alpha value is -1.73. The number of carbonyl (C=O) groups excluding carboxylic acids is 1. The second-order valence-electron chi connectivity index (χ2n) is 4.20. The molecule has 0 saturated carbocycles. The van der Waals surface area contributed by atoms with Crippen LogP contribution in [-0.2, 0) is 4.79 Å². The molecule has 6 nitrogen and oxygen atoms in total. The standard InChI is InChI=1S/C12H11BrN4O2/c13-8-3-1-7(2-4-8)11-16-12(19-17-11)9-5-15-10(18)6-14-9/h1-4,9,14H,5-6H2,(H,15,18). The first-order valence-corrected chi connectivity index (χ1v) is 6.61. The van der Waals surface area contributed by atoms with E-state index in [2.05, 4.69) is 36.7 Å². The number of benzene rings is 1. The van der Waals surface area contributed by atoms with Crippen LogP contribution in [-0.4, -0.2) is 29.1 Å². The van der Waals surface area contributed by atoms with Gasteiger partial charge in [0.25, 0.3) is 0 Å². The van der Waals surface area contributed by atoms with E-state index in [1.54, 1.807) is 0 Å². The van der Waals surface area contributed by atoms with Gasteiger partial charge in [0.1, 0.15) is 6.04 Å². The number of piperazine rings is 1. The van der Waals surface area contributed by atoms with Gasteiger partial charge in [0.2, 0.25) is 17.6 Å². The molecule has 2 aromatic rings. The van der Waals surface area contributed by atoms with Crippen molar-refractivity contribution in [2.24, 2.45) is 0 Å². The molecule has 1 saturated heterocycles.